The fourth-order valence-electron chi connectivity index (χ4n) is 2.88. The molecule has 1 atom stereocenters. The summed E-state index contributed by atoms with van der Waals surface area (Å²) in [4.78, 5) is 27.8. The summed E-state index contributed by atoms with van der Waals surface area (Å²) in [6, 6.07) is 0.314. The Balaban J connectivity index is 1.93. The van der Waals surface area contributed by atoms with Crippen molar-refractivity contribution >= 4 is 23.6 Å². The van der Waals surface area contributed by atoms with Gasteiger partial charge in [0.1, 0.15) is 11.5 Å². The standard InChI is InChI=1S/C16H27ClN2O3/c1-16(2,3)22-15(21)19(13-6-7-13)11-12-5-4-8-18(10-12)14(20)9-17/h12-13H,4-11H2,1-3H3/t12-/m0/s1. The van der Waals surface area contributed by atoms with Crippen LogP contribution in [-0.4, -0.2) is 59.0 Å². The Morgan fingerprint density at radius 1 is 1.27 bits per heavy atom. The van der Waals surface area contributed by atoms with Gasteiger partial charge in [-0.15, -0.1) is 11.6 Å². The Morgan fingerprint density at radius 2 is 1.95 bits per heavy atom. The number of piperidine rings is 1. The summed E-state index contributed by atoms with van der Waals surface area (Å²) in [5.41, 5.74) is -0.475. The van der Waals surface area contributed by atoms with Crippen molar-refractivity contribution in [2.24, 2.45) is 5.92 Å². The predicted octanol–water partition coefficient (Wildman–Crippen LogP) is 2.86. The first-order chi connectivity index (χ1) is 10.3. The Morgan fingerprint density at radius 3 is 2.50 bits per heavy atom. The average molecular weight is 331 g/mol. The molecule has 0 radical (unpaired) electrons. The quantitative estimate of drug-likeness (QED) is 0.745. The van der Waals surface area contributed by atoms with E-state index in [9.17, 15) is 9.59 Å². The number of likely N-dealkylation sites (tertiary alicyclic amines) is 1. The van der Waals surface area contributed by atoms with E-state index in [2.05, 4.69) is 0 Å². The van der Waals surface area contributed by atoms with Crippen LogP contribution in [-0.2, 0) is 9.53 Å². The smallest absolute Gasteiger partial charge is 0.410 e. The zero-order valence-corrected chi connectivity index (χ0v) is 14.6. The van der Waals surface area contributed by atoms with E-state index < -0.39 is 5.60 Å². The van der Waals surface area contributed by atoms with Crippen LogP contribution in [0.3, 0.4) is 0 Å². The second-order valence-corrected chi connectivity index (χ2v) is 7.61. The molecule has 1 saturated heterocycles. The highest BCUT2D eigenvalue weighted by molar-refractivity contribution is 6.27. The molecule has 6 heteroatoms. The van der Waals surface area contributed by atoms with Crippen LogP contribution in [0.5, 0.6) is 0 Å². The normalized spacial score (nSPS) is 22.4. The Bertz CT molecular complexity index is 418. The predicted molar refractivity (Wildman–Crippen MR) is 86.0 cm³/mol. The first-order valence-corrected chi connectivity index (χ1v) is 8.67. The fraction of sp³-hybridized carbons (Fsp3) is 0.875. The van der Waals surface area contributed by atoms with Gasteiger partial charge in [-0.1, -0.05) is 0 Å². The molecule has 0 bridgehead atoms. The minimum atomic E-state index is -0.475. The largest absolute Gasteiger partial charge is 0.444 e. The second-order valence-electron chi connectivity index (χ2n) is 7.35. The zero-order chi connectivity index (χ0) is 16.3. The summed E-state index contributed by atoms with van der Waals surface area (Å²) in [5, 5.41) is 0. The molecular formula is C16H27ClN2O3. The highest BCUT2D eigenvalue weighted by atomic mass is 35.5. The van der Waals surface area contributed by atoms with Crippen LogP contribution >= 0.6 is 11.6 Å². The number of carbonyl (C=O) groups is 2. The fourth-order valence-corrected chi connectivity index (χ4v) is 3.05. The summed E-state index contributed by atoms with van der Waals surface area (Å²) in [5.74, 6) is 0.334. The number of rotatable bonds is 4. The number of nitrogens with zero attached hydrogens (tertiary/aromatic N) is 2. The first kappa shape index (κ1) is 17.4. The van der Waals surface area contributed by atoms with Gasteiger partial charge in [0, 0.05) is 25.7 Å². The highest BCUT2D eigenvalue weighted by Gasteiger charge is 2.37. The molecule has 22 heavy (non-hydrogen) atoms. The van der Waals surface area contributed by atoms with Gasteiger partial charge in [-0.05, 0) is 52.4 Å². The van der Waals surface area contributed by atoms with Gasteiger partial charge >= 0.3 is 6.09 Å². The monoisotopic (exact) mass is 330 g/mol. The number of alkyl halides is 1. The SMILES string of the molecule is CC(C)(C)OC(=O)N(C[C@H]1CCCN(C(=O)CCl)C1)C1CC1. The maximum Gasteiger partial charge on any atom is 0.410 e. The number of ether oxygens (including phenoxy) is 1. The first-order valence-electron chi connectivity index (χ1n) is 8.13. The van der Waals surface area contributed by atoms with Crippen LogP contribution < -0.4 is 0 Å². The van der Waals surface area contributed by atoms with Gasteiger partial charge in [0.05, 0.1) is 0 Å². The van der Waals surface area contributed by atoms with Crippen molar-refractivity contribution in [3.8, 4) is 0 Å². The molecule has 2 rings (SSSR count). The van der Waals surface area contributed by atoms with Crippen molar-refractivity contribution in [1.29, 1.82) is 0 Å². The van der Waals surface area contributed by atoms with Crippen molar-refractivity contribution < 1.29 is 14.3 Å². The summed E-state index contributed by atoms with van der Waals surface area (Å²) in [6.45, 7) is 7.80. The molecule has 0 aromatic heterocycles. The topological polar surface area (TPSA) is 49.9 Å². The third kappa shape index (κ3) is 5.04. The maximum atomic E-state index is 12.4. The molecule has 1 aliphatic carbocycles. The lowest BCUT2D eigenvalue weighted by Crippen LogP contribution is -2.47. The van der Waals surface area contributed by atoms with Crippen LogP contribution in [0.25, 0.3) is 0 Å². The molecule has 0 unspecified atom stereocenters. The molecule has 2 amide bonds. The molecule has 2 aliphatic rings. The molecule has 1 heterocycles. The number of hydrogen-bond acceptors (Lipinski definition) is 3. The van der Waals surface area contributed by atoms with E-state index >= 15 is 0 Å². The third-order valence-corrected chi connectivity index (χ3v) is 4.29. The molecule has 0 spiro atoms. The molecular weight excluding hydrogens is 304 g/mol. The van der Waals surface area contributed by atoms with E-state index in [-0.39, 0.29) is 17.9 Å². The minimum absolute atomic E-state index is 0.0124. The van der Waals surface area contributed by atoms with Crippen LogP contribution in [0, 0.1) is 5.92 Å². The van der Waals surface area contributed by atoms with Crippen molar-refractivity contribution in [2.75, 3.05) is 25.5 Å². The van der Waals surface area contributed by atoms with Gasteiger partial charge in [-0.25, -0.2) is 4.79 Å². The lowest BCUT2D eigenvalue weighted by molar-refractivity contribution is -0.130. The molecule has 5 nitrogen and oxygen atoms in total. The van der Waals surface area contributed by atoms with Gasteiger partial charge in [0.25, 0.3) is 0 Å². The van der Waals surface area contributed by atoms with Gasteiger partial charge in [0.2, 0.25) is 5.91 Å². The molecule has 0 aromatic rings. The number of hydrogen-bond donors (Lipinski definition) is 0. The maximum absolute atomic E-state index is 12.4. The van der Waals surface area contributed by atoms with Crippen LogP contribution in [0.15, 0.2) is 0 Å². The molecule has 0 aromatic carbocycles. The highest BCUT2D eigenvalue weighted by Crippen LogP contribution is 2.30. The minimum Gasteiger partial charge on any atom is -0.444 e. The molecule has 1 aliphatic heterocycles. The van der Waals surface area contributed by atoms with Crippen molar-refractivity contribution in [3.63, 3.8) is 0 Å². The Hall–Kier alpha value is -0.970. The van der Waals surface area contributed by atoms with Gasteiger partial charge in [0.15, 0.2) is 0 Å². The van der Waals surface area contributed by atoms with Crippen LogP contribution in [0.2, 0.25) is 0 Å². The van der Waals surface area contributed by atoms with E-state index in [1.54, 1.807) is 0 Å². The second kappa shape index (κ2) is 7.07. The van der Waals surface area contributed by atoms with E-state index in [1.807, 2.05) is 30.6 Å². The van der Waals surface area contributed by atoms with Gasteiger partial charge in [-0.2, -0.15) is 0 Å². The summed E-state index contributed by atoms with van der Waals surface area (Å²) in [6.07, 6.45) is 3.89. The number of amides is 2. The molecule has 0 N–H and O–H groups in total. The van der Waals surface area contributed by atoms with E-state index in [0.29, 0.717) is 25.0 Å². The number of halogens is 1. The number of carbonyl (C=O) groups excluding carboxylic acids is 2. The van der Waals surface area contributed by atoms with Crippen molar-refractivity contribution in [3.05, 3.63) is 0 Å². The third-order valence-electron chi connectivity index (χ3n) is 4.06. The van der Waals surface area contributed by atoms with Crippen LogP contribution in [0.4, 0.5) is 4.79 Å². The van der Waals surface area contributed by atoms with Crippen molar-refractivity contribution in [1.82, 2.24) is 9.80 Å². The lowest BCUT2D eigenvalue weighted by Gasteiger charge is -2.36. The van der Waals surface area contributed by atoms with Crippen LogP contribution in [0.1, 0.15) is 46.5 Å². The molecule has 2 fully saturated rings. The average Bonchev–Trinajstić information content (AvgIpc) is 3.26. The van der Waals surface area contributed by atoms with E-state index in [1.165, 1.54) is 0 Å². The van der Waals surface area contributed by atoms with Gasteiger partial charge in [-0.3, -0.25) is 4.79 Å². The Kier molecular flexibility index (Phi) is 5.59. The zero-order valence-electron chi connectivity index (χ0n) is 13.8. The summed E-state index contributed by atoms with van der Waals surface area (Å²) < 4.78 is 5.52. The summed E-state index contributed by atoms with van der Waals surface area (Å²) in [7, 11) is 0. The molecule has 1 saturated carbocycles. The van der Waals surface area contributed by atoms with Gasteiger partial charge < -0.3 is 14.5 Å². The van der Waals surface area contributed by atoms with E-state index in [4.69, 9.17) is 16.3 Å². The lowest BCUT2D eigenvalue weighted by atomic mass is 9.97. The summed E-state index contributed by atoms with van der Waals surface area (Å²) >= 11 is 5.65. The molecule has 126 valence electrons. The van der Waals surface area contributed by atoms with E-state index in [0.717, 1.165) is 32.2 Å². The van der Waals surface area contributed by atoms with Crippen molar-refractivity contribution in [2.45, 2.75) is 58.1 Å². The Labute approximate surface area is 137 Å².